The topological polar surface area (TPSA) is 251 Å². The number of phenols is 2. The highest BCUT2D eigenvalue weighted by atomic mass is 79.9. The molecule has 8 N–H and O–H groups in total. The predicted octanol–water partition coefficient (Wildman–Crippen LogP) is 24.4. The maximum Gasteiger partial charge on any atom is 0.200 e. The first kappa shape index (κ1) is 88.3. The number of thiophene rings is 1. The minimum Gasteiger partial charge on any atom is -0.507 e. The first-order chi connectivity index (χ1) is 61.2. The monoisotopic (exact) mass is 1860 g/mol. The fourth-order valence-electron chi connectivity index (χ4n) is 13.4. The van der Waals surface area contributed by atoms with Gasteiger partial charge in [0.15, 0.2) is 51.9 Å². The van der Waals surface area contributed by atoms with Crippen LogP contribution in [0.25, 0.3) is 67.0 Å². The van der Waals surface area contributed by atoms with E-state index in [0.29, 0.717) is 64.6 Å². The predicted molar refractivity (Wildman–Crippen MR) is 519 cm³/mol. The number of benzene rings is 12. The van der Waals surface area contributed by atoms with Crippen molar-refractivity contribution in [1.29, 1.82) is 0 Å². The quantitative estimate of drug-likeness (QED) is 0.0294. The number of fused-ring (bicyclic) bond motifs is 1. The van der Waals surface area contributed by atoms with Crippen molar-refractivity contribution in [3.8, 4) is 73.5 Å². The van der Waals surface area contributed by atoms with E-state index in [9.17, 15) is 10.2 Å². The molecule has 12 aromatic carbocycles. The van der Waals surface area contributed by atoms with E-state index in [2.05, 4.69) is 191 Å². The SMILES string of the molecule is Cc1ccccc1CSCc1n[nH]c(=S)n1-c1ccccc1.Oc1ccc(Br)cc1-c1n[nH]c(=S)n1Cc1ccccc1.Oc1ccccc1-c1n[nH]c(=S)n1-c1ccccc1.S=c1[nH]nc(-c2cccs2)n1CCc1ccccc1.S=c1[nH]nc(CCc2ccccc2)n1-c1ccccc1.S=c1[nH]nc(COc2cccc3ccccc23)n1-c1ccccc1. The Labute approximate surface area is 768 Å². The molecule has 626 valence electrons. The summed E-state index contributed by atoms with van der Waals surface area (Å²) >= 11 is 38.8. The van der Waals surface area contributed by atoms with Gasteiger partial charge in [-0.05, 0) is 223 Å². The van der Waals surface area contributed by atoms with Gasteiger partial charge < -0.3 is 14.9 Å². The summed E-state index contributed by atoms with van der Waals surface area (Å²) in [7, 11) is 0. The van der Waals surface area contributed by atoms with Crippen LogP contribution < -0.4 is 4.74 Å². The summed E-state index contributed by atoms with van der Waals surface area (Å²) in [4.78, 5) is 1.14. The van der Waals surface area contributed by atoms with E-state index < -0.39 is 0 Å². The molecule has 0 aliphatic carbocycles. The van der Waals surface area contributed by atoms with Gasteiger partial charge in [-0.3, -0.25) is 58.0 Å². The third-order valence-electron chi connectivity index (χ3n) is 19.5. The Balaban J connectivity index is 0.000000122. The van der Waals surface area contributed by atoms with Crippen molar-refractivity contribution in [3.05, 3.63) is 417 Å². The van der Waals surface area contributed by atoms with E-state index >= 15 is 0 Å². The second-order valence-corrected chi connectivity index (χ2v) is 33.0. The standard InChI is InChI=1S/C19H15N3OS.C17H17N3S2.C16H15N3S.C15H12BrN3OS.C14H11N3OS.C14H13N3S2/c24-19-21-20-18(22(19)15-9-2-1-3-10-15)13-23-17-12-6-8-14-7-4-5-11-16(14)17;1-13-7-5-6-8-14(13)11-22-12-16-18-19-17(21)20(16)15-9-3-2-4-10-15;20-16-18-17-15(12-11-13-7-3-1-4-8-13)19(16)14-9-5-2-6-10-14;16-11-6-7-13(20)12(8-11)14-17-18-15(21)19(14)9-10-4-2-1-3-5-10;18-12-9-5-4-8-11(12)13-15-16-14(19)17(13)10-6-2-1-3-7-10;18-14-16-15-13(12-7-4-10-19-12)17(14)9-8-11-5-2-1-3-6-11/h1-12H,13H2,(H,21,24);2-10H,11-12H2,1H3,(H,19,21);1-10H,11-12H2,(H,18,20);1-8,20H,9H2,(H,18,21);1-9,18H,(H,16,19);1-7,10H,8-9H2,(H,16,18). The third kappa shape index (κ3) is 23.5. The van der Waals surface area contributed by atoms with Crippen molar-refractivity contribution < 1.29 is 14.9 Å². The molecule has 19 rings (SSSR count). The molecule has 0 bridgehead atoms. The molecule has 125 heavy (non-hydrogen) atoms. The van der Waals surface area contributed by atoms with Crippen LogP contribution in [0.1, 0.15) is 45.3 Å². The Hall–Kier alpha value is -13.0. The Bertz CT molecular complexity index is 7030. The van der Waals surface area contributed by atoms with Crippen LogP contribution in [0.3, 0.4) is 0 Å². The Morgan fingerprint density at radius 1 is 0.376 bits per heavy atom. The molecule has 0 fully saturated rings. The van der Waals surface area contributed by atoms with E-state index in [-0.39, 0.29) is 11.5 Å². The lowest BCUT2D eigenvalue weighted by molar-refractivity contribution is 0.297. The summed E-state index contributed by atoms with van der Waals surface area (Å²) in [6.07, 6.45) is 2.76. The number of para-hydroxylation sites is 5. The normalized spacial score (nSPS) is 10.7. The van der Waals surface area contributed by atoms with Gasteiger partial charge in [0.25, 0.3) is 0 Å². The van der Waals surface area contributed by atoms with Gasteiger partial charge in [-0.15, -0.1) is 23.1 Å². The van der Waals surface area contributed by atoms with E-state index in [4.69, 9.17) is 78.0 Å². The second-order valence-electron chi connectivity index (χ2n) is 27.9. The van der Waals surface area contributed by atoms with Gasteiger partial charge in [-0.25, -0.2) is 0 Å². The van der Waals surface area contributed by atoms with E-state index in [0.717, 1.165) is 115 Å². The molecule has 7 aromatic heterocycles. The number of hydrogen-bond donors (Lipinski definition) is 8. The number of nitrogens with zero attached hydrogens (tertiary/aromatic N) is 12. The smallest absolute Gasteiger partial charge is 0.200 e. The summed E-state index contributed by atoms with van der Waals surface area (Å²) in [5.74, 6) is 7.75. The molecule has 0 radical (unpaired) electrons. The molecular formula is C95H83BrN18O3S8. The number of aromatic nitrogens is 18. The fraction of sp³-hybridized carbons (Fsp3) is 0.0947. The maximum atomic E-state index is 10.1. The molecule has 0 amide bonds. The van der Waals surface area contributed by atoms with Gasteiger partial charge in [0.1, 0.15) is 35.5 Å². The second kappa shape index (κ2) is 44.4. The summed E-state index contributed by atoms with van der Waals surface area (Å²) in [5.41, 5.74) is 11.7. The molecule has 19 aromatic rings. The number of thioether (sulfide) groups is 1. The first-order valence-corrected chi connectivity index (χ1v) is 44.8. The van der Waals surface area contributed by atoms with Crippen LogP contribution in [0.2, 0.25) is 0 Å². The van der Waals surface area contributed by atoms with E-state index in [1.54, 1.807) is 46.2 Å². The molecule has 0 saturated carbocycles. The average molecular weight is 1860 g/mol. The van der Waals surface area contributed by atoms with Crippen LogP contribution in [0.4, 0.5) is 0 Å². The molecular weight excluding hydrogens is 1780 g/mol. The molecule has 30 heteroatoms. The summed E-state index contributed by atoms with van der Waals surface area (Å²) in [6, 6.07) is 110. The third-order valence-corrected chi connectivity index (χ3v) is 23.6. The molecule has 0 aliphatic rings. The van der Waals surface area contributed by atoms with Crippen molar-refractivity contribution in [2.75, 3.05) is 0 Å². The van der Waals surface area contributed by atoms with Crippen LogP contribution >= 0.6 is 112 Å². The van der Waals surface area contributed by atoms with Crippen molar-refractivity contribution in [1.82, 2.24) is 88.6 Å². The molecule has 21 nitrogen and oxygen atoms in total. The zero-order valence-corrected chi connectivity index (χ0v) is 75.4. The zero-order valence-electron chi connectivity index (χ0n) is 67.3. The van der Waals surface area contributed by atoms with Crippen LogP contribution in [-0.4, -0.2) is 98.8 Å². The van der Waals surface area contributed by atoms with Gasteiger partial charge in [-0.1, -0.05) is 259 Å². The zero-order chi connectivity index (χ0) is 86.6. The van der Waals surface area contributed by atoms with E-state index in [1.807, 2.05) is 236 Å². The first-order valence-electron chi connectivity index (χ1n) is 39.5. The molecule has 0 spiro atoms. The number of nitrogens with one attached hydrogen (secondary N) is 6. The minimum absolute atomic E-state index is 0.168. The fourth-order valence-corrected chi connectivity index (χ4v) is 16.9. The van der Waals surface area contributed by atoms with Gasteiger partial charge in [0.2, 0.25) is 0 Å². The highest BCUT2D eigenvalue weighted by molar-refractivity contribution is 9.10. The summed E-state index contributed by atoms with van der Waals surface area (Å²) in [6.45, 7) is 3.91. The number of ether oxygens (including phenoxy) is 1. The summed E-state index contributed by atoms with van der Waals surface area (Å²) < 4.78 is 22.0. The number of aromatic hydroxyl groups is 2. The average Bonchev–Trinajstić information content (AvgIpc) is 1.72. The molecule has 0 unspecified atom stereocenters. The van der Waals surface area contributed by atoms with Crippen LogP contribution in [-0.2, 0) is 50.5 Å². The number of halogens is 1. The van der Waals surface area contributed by atoms with Crippen molar-refractivity contribution in [2.45, 2.75) is 57.4 Å². The lowest BCUT2D eigenvalue weighted by Crippen LogP contribution is -2.05. The molecule has 0 saturated heterocycles. The van der Waals surface area contributed by atoms with E-state index in [1.165, 1.54) is 22.3 Å². The molecule has 0 atom stereocenters. The number of H-pyrrole nitrogens is 6. The van der Waals surface area contributed by atoms with Gasteiger partial charge >= 0.3 is 0 Å². The van der Waals surface area contributed by atoms with Crippen molar-refractivity contribution in [3.63, 3.8) is 0 Å². The lowest BCUT2D eigenvalue weighted by Gasteiger charge is -2.10. The number of rotatable bonds is 22. The highest BCUT2D eigenvalue weighted by Gasteiger charge is 2.18. The molecule has 7 heterocycles. The van der Waals surface area contributed by atoms with Gasteiger partial charge in [0.05, 0.1) is 28.3 Å². The van der Waals surface area contributed by atoms with Crippen molar-refractivity contribution >= 4 is 123 Å². The minimum atomic E-state index is 0.168. The number of hydrogen-bond acceptors (Lipinski definition) is 17. The Morgan fingerprint density at radius 2 is 0.832 bits per heavy atom. The molecule has 0 aliphatic heterocycles. The number of phenolic OH excluding ortho intramolecular Hbond substituents is 2. The maximum absolute atomic E-state index is 10.1. The van der Waals surface area contributed by atoms with Crippen LogP contribution in [0.5, 0.6) is 17.2 Å². The van der Waals surface area contributed by atoms with Gasteiger partial charge in [0, 0.05) is 51.3 Å². The van der Waals surface area contributed by atoms with Crippen molar-refractivity contribution in [2.24, 2.45) is 0 Å². The Morgan fingerprint density at radius 3 is 1.43 bits per heavy atom. The van der Waals surface area contributed by atoms with Crippen LogP contribution in [0, 0.1) is 35.6 Å². The Kier molecular flexibility index (Phi) is 31.3. The number of aryl methyl sites for hydroxylation is 4. The highest BCUT2D eigenvalue weighted by Crippen LogP contribution is 2.34. The lowest BCUT2D eigenvalue weighted by atomic mass is 10.1. The number of aromatic amines is 6. The largest absolute Gasteiger partial charge is 0.507 e. The summed E-state index contributed by atoms with van der Waals surface area (Å²) in [5, 5.41) is 67.2. The van der Waals surface area contributed by atoms with Gasteiger partial charge in [-0.2, -0.15) is 30.6 Å². The van der Waals surface area contributed by atoms with Crippen LogP contribution in [0.15, 0.2) is 344 Å².